The Hall–Kier alpha value is -2.04. The van der Waals surface area contributed by atoms with Gasteiger partial charge in [0.2, 0.25) is 0 Å². The molecule has 2 rings (SSSR count). The molecule has 0 aromatic heterocycles. The first kappa shape index (κ1) is 15.4. The lowest BCUT2D eigenvalue weighted by Gasteiger charge is -2.24. The average molecular weight is 291 g/mol. The van der Waals surface area contributed by atoms with E-state index in [9.17, 15) is 9.59 Å². The molecule has 1 aromatic carbocycles. The van der Waals surface area contributed by atoms with Crippen molar-refractivity contribution in [3.63, 3.8) is 0 Å². The van der Waals surface area contributed by atoms with Gasteiger partial charge >= 0.3 is 6.09 Å². The highest BCUT2D eigenvalue weighted by molar-refractivity contribution is 5.75. The van der Waals surface area contributed by atoms with Crippen LogP contribution in [-0.4, -0.2) is 42.1 Å². The molecule has 0 bridgehead atoms. The number of carbonyl (C=O) groups is 2. The zero-order valence-corrected chi connectivity index (χ0v) is 12.7. The summed E-state index contributed by atoms with van der Waals surface area (Å²) in [5.74, 6) is 0.649. The second-order valence-electron chi connectivity index (χ2n) is 6.15. The van der Waals surface area contributed by atoms with Crippen molar-refractivity contribution in [2.75, 3.05) is 13.1 Å². The number of aldehydes is 1. The van der Waals surface area contributed by atoms with Gasteiger partial charge in [-0.3, -0.25) is 4.79 Å². The molecule has 5 nitrogen and oxygen atoms in total. The topological polar surface area (TPSA) is 55.8 Å². The van der Waals surface area contributed by atoms with Crippen molar-refractivity contribution >= 4 is 12.4 Å². The highest BCUT2D eigenvalue weighted by Gasteiger charge is 2.30. The van der Waals surface area contributed by atoms with Crippen molar-refractivity contribution in [1.82, 2.24) is 4.90 Å². The van der Waals surface area contributed by atoms with E-state index in [1.165, 1.54) is 0 Å². The number of ether oxygens (including phenoxy) is 2. The van der Waals surface area contributed by atoms with E-state index < -0.39 is 5.60 Å². The third-order valence-electron chi connectivity index (χ3n) is 3.09. The minimum atomic E-state index is -0.492. The van der Waals surface area contributed by atoms with Gasteiger partial charge in [-0.05, 0) is 32.9 Å². The van der Waals surface area contributed by atoms with E-state index >= 15 is 0 Å². The number of benzene rings is 1. The van der Waals surface area contributed by atoms with Crippen LogP contribution in [0, 0.1) is 0 Å². The van der Waals surface area contributed by atoms with Gasteiger partial charge in [-0.15, -0.1) is 0 Å². The molecule has 1 aliphatic rings. The fourth-order valence-electron chi connectivity index (χ4n) is 2.17. The highest BCUT2D eigenvalue weighted by Crippen LogP contribution is 2.21. The van der Waals surface area contributed by atoms with E-state index in [1.807, 2.05) is 26.8 Å². The molecule has 5 heteroatoms. The molecule has 1 atom stereocenters. The van der Waals surface area contributed by atoms with Crippen molar-refractivity contribution in [2.45, 2.75) is 38.9 Å². The minimum Gasteiger partial charge on any atom is -0.488 e. The van der Waals surface area contributed by atoms with Gasteiger partial charge in [0.05, 0.1) is 6.54 Å². The highest BCUT2D eigenvalue weighted by atomic mass is 16.6. The normalized spacial score (nSPS) is 18.4. The molecule has 1 saturated heterocycles. The molecule has 0 spiro atoms. The van der Waals surface area contributed by atoms with Crippen LogP contribution in [0.25, 0.3) is 0 Å². The van der Waals surface area contributed by atoms with Crippen molar-refractivity contribution in [2.24, 2.45) is 0 Å². The SMILES string of the molecule is CC(C)(C)OC(=O)N1CCC(Oc2cccc(C=O)c2)C1. The van der Waals surface area contributed by atoms with Gasteiger partial charge in [0.25, 0.3) is 0 Å². The molecule has 1 aromatic rings. The van der Waals surface area contributed by atoms with Gasteiger partial charge < -0.3 is 14.4 Å². The van der Waals surface area contributed by atoms with Gasteiger partial charge in [-0.1, -0.05) is 12.1 Å². The van der Waals surface area contributed by atoms with Crippen LogP contribution in [0.3, 0.4) is 0 Å². The van der Waals surface area contributed by atoms with Crippen LogP contribution in [0.5, 0.6) is 5.75 Å². The fraction of sp³-hybridized carbons (Fsp3) is 0.500. The Bertz CT molecular complexity index is 521. The van der Waals surface area contributed by atoms with E-state index in [0.717, 1.165) is 12.7 Å². The van der Waals surface area contributed by atoms with Crippen LogP contribution >= 0.6 is 0 Å². The largest absolute Gasteiger partial charge is 0.488 e. The Morgan fingerprint density at radius 3 is 2.81 bits per heavy atom. The van der Waals surface area contributed by atoms with Crippen molar-refractivity contribution < 1.29 is 19.1 Å². The summed E-state index contributed by atoms with van der Waals surface area (Å²) in [5.41, 5.74) is 0.0865. The van der Waals surface area contributed by atoms with Gasteiger partial charge in [0.15, 0.2) is 0 Å². The maximum atomic E-state index is 12.0. The number of amides is 1. The maximum Gasteiger partial charge on any atom is 0.410 e. The Kier molecular flexibility index (Phi) is 4.50. The first-order valence-corrected chi connectivity index (χ1v) is 7.07. The molecular formula is C16H21NO4. The number of likely N-dealkylation sites (tertiary alicyclic amines) is 1. The molecule has 0 N–H and O–H groups in total. The van der Waals surface area contributed by atoms with E-state index in [1.54, 1.807) is 23.1 Å². The molecule has 114 valence electrons. The predicted octanol–water partition coefficient (Wildman–Crippen LogP) is 2.89. The third kappa shape index (κ3) is 4.48. The summed E-state index contributed by atoms with van der Waals surface area (Å²) in [5, 5.41) is 0. The second kappa shape index (κ2) is 6.16. The molecule has 0 aliphatic carbocycles. The molecular weight excluding hydrogens is 270 g/mol. The lowest BCUT2D eigenvalue weighted by Crippen LogP contribution is -2.36. The summed E-state index contributed by atoms with van der Waals surface area (Å²) < 4.78 is 11.2. The number of carbonyl (C=O) groups excluding carboxylic acids is 2. The monoisotopic (exact) mass is 291 g/mol. The van der Waals surface area contributed by atoms with E-state index in [4.69, 9.17) is 9.47 Å². The molecule has 0 radical (unpaired) electrons. The van der Waals surface area contributed by atoms with Crippen LogP contribution in [0.4, 0.5) is 4.79 Å². The molecule has 21 heavy (non-hydrogen) atoms. The van der Waals surface area contributed by atoms with Crippen LogP contribution < -0.4 is 4.74 Å². The van der Waals surface area contributed by atoms with Crippen LogP contribution in [0.1, 0.15) is 37.6 Å². The van der Waals surface area contributed by atoms with Crippen molar-refractivity contribution in [3.05, 3.63) is 29.8 Å². The summed E-state index contributed by atoms with van der Waals surface area (Å²) in [6.07, 6.45) is 1.16. The number of nitrogens with zero attached hydrogens (tertiary/aromatic N) is 1. The summed E-state index contributed by atoms with van der Waals surface area (Å²) >= 11 is 0. The average Bonchev–Trinajstić information content (AvgIpc) is 2.85. The number of hydrogen-bond acceptors (Lipinski definition) is 4. The molecule has 1 fully saturated rings. The van der Waals surface area contributed by atoms with Crippen LogP contribution in [-0.2, 0) is 4.74 Å². The quantitative estimate of drug-likeness (QED) is 0.804. The van der Waals surface area contributed by atoms with Crippen LogP contribution in [0.2, 0.25) is 0 Å². The molecule has 1 aliphatic heterocycles. The summed E-state index contributed by atoms with van der Waals surface area (Å²) in [6.45, 7) is 6.66. The fourth-order valence-corrected chi connectivity index (χ4v) is 2.17. The first-order valence-electron chi connectivity index (χ1n) is 7.07. The Labute approximate surface area is 124 Å². The van der Waals surface area contributed by atoms with Gasteiger partial charge in [0.1, 0.15) is 23.7 Å². The molecule has 1 amide bonds. The summed E-state index contributed by atoms with van der Waals surface area (Å²) in [7, 11) is 0. The Morgan fingerprint density at radius 2 is 2.14 bits per heavy atom. The van der Waals surface area contributed by atoms with Gasteiger partial charge in [0, 0.05) is 18.5 Å². The minimum absolute atomic E-state index is 0.0700. The number of hydrogen-bond donors (Lipinski definition) is 0. The first-order chi connectivity index (χ1) is 9.87. The smallest absolute Gasteiger partial charge is 0.410 e. The molecule has 1 heterocycles. The maximum absolute atomic E-state index is 12.0. The van der Waals surface area contributed by atoms with Crippen molar-refractivity contribution in [3.8, 4) is 5.75 Å². The summed E-state index contributed by atoms with van der Waals surface area (Å²) in [6, 6.07) is 7.01. The Morgan fingerprint density at radius 1 is 1.38 bits per heavy atom. The standard InChI is InChI=1S/C16H21NO4/c1-16(2,3)21-15(19)17-8-7-14(10-17)20-13-6-4-5-12(9-13)11-18/h4-6,9,11,14H,7-8,10H2,1-3H3. The lowest BCUT2D eigenvalue weighted by atomic mass is 10.2. The predicted molar refractivity (Wildman–Crippen MR) is 78.7 cm³/mol. The van der Waals surface area contributed by atoms with E-state index in [-0.39, 0.29) is 12.2 Å². The zero-order valence-electron chi connectivity index (χ0n) is 12.7. The van der Waals surface area contributed by atoms with Gasteiger partial charge in [-0.2, -0.15) is 0 Å². The van der Waals surface area contributed by atoms with Crippen molar-refractivity contribution in [1.29, 1.82) is 0 Å². The second-order valence-corrected chi connectivity index (χ2v) is 6.15. The third-order valence-corrected chi connectivity index (χ3v) is 3.09. The van der Waals surface area contributed by atoms with E-state index in [0.29, 0.717) is 24.4 Å². The Balaban J connectivity index is 1.90. The zero-order chi connectivity index (χ0) is 15.5. The number of rotatable bonds is 3. The van der Waals surface area contributed by atoms with Gasteiger partial charge in [-0.25, -0.2) is 4.79 Å². The summed E-state index contributed by atoms with van der Waals surface area (Å²) in [4.78, 5) is 24.4. The molecule has 0 saturated carbocycles. The lowest BCUT2D eigenvalue weighted by molar-refractivity contribution is 0.0275. The van der Waals surface area contributed by atoms with E-state index in [2.05, 4.69) is 0 Å². The van der Waals surface area contributed by atoms with Crippen LogP contribution in [0.15, 0.2) is 24.3 Å². The molecule has 1 unspecified atom stereocenters.